The van der Waals surface area contributed by atoms with Crippen LogP contribution in [0.2, 0.25) is 0 Å². The Labute approximate surface area is 147 Å². The van der Waals surface area contributed by atoms with Crippen molar-refractivity contribution in [1.82, 2.24) is 4.98 Å². The highest BCUT2D eigenvalue weighted by atomic mass is 32.1. The van der Waals surface area contributed by atoms with Gasteiger partial charge in [0, 0.05) is 10.9 Å². The third-order valence-electron chi connectivity index (χ3n) is 3.24. The minimum absolute atomic E-state index is 0.0462. The Bertz CT molecular complexity index is 893. The van der Waals surface area contributed by atoms with E-state index in [9.17, 15) is 14.7 Å². The van der Waals surface area contributed by atoms with Crippen molar-refractivity contribution in [2.45, 2.75) is 0 Å². The average molecular weight is 354 g/mol. The second kappa shape index (κ2) is 7.59. The van der Waals surface area contributed by atoms with Crippen molar-refractivity contribution in [2.24, 2.45) is 0 Å². The molecule has 2 aromatic carbocycles. The van der Waals surface area contributed by atoms with E-state index in [0.29, 0.717) is 5.13 Å². The molecular formula is C18H14N2O4S. The zero-order valence-electron chi connectivity index (χ0n) is 13.0. The fraction of sp³-hybridized carbons (Fsp3) is 0.0556. The number of aromatic nitrogens is 1. The van der Waals surface area contributed by atoms with Crippen LogP contribution in [0.15, 0.2) is 60.0 Å². The number of anilines is 1. The molecule has 0 aliphatic heterocycles. The van der Waals surface area contributed by atoms with Gasteiger partial charge >= 0.3 is 5.97 Å². The molecule has 0 radical (unpaired) electrons. The number of hydrogen-bond acceptors (Lipinski definition) is 6. The van der Waals surface area contributed by atoms with Crippen LogP contribution in [0.25, 0.3) is 11.3 Å². The topological polar surface area (TPSA) is 88.5 Å². The van der Waals surface area contributed by atoms with Crippen molar-refractivity contribution in [3.8, 4) is 17.0 Å². The molecule has 0 aliphatic carbocycles. The molecule has 6 nitrogen and oxygen atoms in total. The molecule has 126 valence electrons. The molecule has 0 atom stereocenters. The van der Waals surface area contributed by atoms with Gasteiger partial charge in [-0.3, -0.25) is 10.1 Å². The summed E-state index contributed by atoms with van der Waals surface area (Å²) in [5.41, 5.74) is 1.89. The van der Waals surface area contributed by atoms with Crippen LogP contribution in [0.5, 0.6) is 5.75 Å². The van der Waals surface area contributed by atoms with E-state index in [2.05, 4.69) is 10.3 Å². The number of ether oxygens (including phenoxy) is 1. The lowest BCUT2D eigenvalue weighted by Gasteiger charge is -2.05. The first kappa shape index (κ1) is 16.7. The van der Waals surface area contributed by atoms with Crippen molar-refractivity contribution in [1.29, 1.82) is 0 Å². The molecular weight excluding hydrogens is 340 g/mol. The van der Waals surface area contributed by atoms with Crippen LogP contribution in [0, 0.1) is 0 Å². The lowest BCUT2D eigenvalue weighted by molar-refractivity contribution is -0.119. The Morgan fingerprint density at radius 2 is 1.92 bits per heavy atom. The van der Waals surface area contributed by atoms with Crippen LogP contribution in [0.4, 0.5) is 5.13 Å². The summed E-state index contributed by atoms with van der Waals surface area (Å²) in [6.45, 7) is -0.436. The van der Waals surface area contributed by atoms with E-state index in [4.69, 9.17) is 4.74 Å². The summed E-state index contributed by atoms with van der Waals surface area (Å²) in [6.07, 6.45) is 0. The lowest BCUT2D eigenvalue weighted by atomic mass is 10.2. The smallest absolute Gasteiger partial charge is 0.338 e. The number of nitrogens with zero attached hydrogens (tertiary/aromatic N) is 1. The number of thiazole rings is 1. The first-order chi connectivity index (χ1) is 12.1. The van der Waals surface area contributed by atoms with Gasteiger partial charge in [0.05, 0.1) is 11.3 Å². The number of nitrogens with one attached hydrogen (secondary N) is 1. The largest absolute Gasteiger partial charge is 0.508 e. The normalized spacial score (nSPS) is 10.2. The van der Waals surface area contributed by atoms with E-state index in [1.807, 2.05) is 35.7 Å². The summed E-state index contributed by atoms with van der Waals surface area (Å²) >= 11 is 1.29. The Hall–Kier alpha value is -3.19. The number of rotatable bonds is 5. The Balaban J connectivity index is 1.55. The molecule has 3 rings (SSSR count). The van der Waals surface area contributed by atoms with Crippen LogP contribution in [0.1, 0.15) is 10.4 Å². The highest BCUT2D eigenvalue weighted by Gasteiger charge is 2.12. The number of esters is 1. The van der Waals surface area contributed by atoms with Crippen molar-refractivity contribution in [3.63, 3.8) is 0 Å². The van der Waals surface area contributed by atoms with Gasteiger partial charge in [0.1, 0.15) is 5.75 Å². The number of benzene rings is 2. The quantitative estimate of drug-likeness (QED) is 0.686. The summed E-state index contributed by atoms with van der Waals surface area (Å²) in [6, 6.07) is 15.3. The van der Waals surface area contributed by atoms with E-state index < -0.39 is 18.5 Å². The highest BCUT2D eigenvalue weighted by Crippen LogP contribution is 2.24. The van der Waals surface area contributed by atoms with Gasteiger partial charge < -0.3 is 9.84 Å². The van der Waals surface area contributed by atoms with Crippen LogP contribution in [-0.4, -0.2) is 28.6 Å². The molecule has 3 aromatic rings. The van der Waals surface area contributed by atoms with Gasteiger partial charge in [-0.1, -0.05) is 36.4 Å². The van der Waals surface area contributed by atoms with Gasteiger partial charge in [-0.15, -0.1) is 11.3 Å². The predicted octanol–water partition coefficient (Wildman–Crippen LogP) is 3.31. The fourth-order valence-electron chi connectivity index (χ4n) is 2.08. The monoisotopic (exact) mass is 354 g/mol. The van der Waals surface area contributed by atoms with Crippen LogP contribution < -0.4 is 5.32 Å². The molecule has 2 N–H and O–H groups in total. The molecule has 0 spiro atoms. The highest BCUT2D eigenvalue weighted by molar-refractivity contribution is 7.14. The third-order valence-corrected chi connectivity index (χ3v) is 3.99. The van der Waals surface area contributed by atoms with E-state index in [1.165, 1.54) is 35.6 Å². The first-order valence-electron chi connectivity index (χ1n) is 7.39. The number of aromatic hydroxyl groups is 1. The first-order valence-corrected chi connectivity index (χ1v) is 8.27. The number of carbonyl (C=O) groups is 2. The maximum Gasteiger partial charge on any atom is 0.338 e. The summed E-state index contributed by atoms with van der Waals surface area (Å²) in [4.78, 5) is 28.0. The number of phenols is 1. The molecule has 0 saturated heterocycles. The summed E-state index contributed by atoms with van der Waals surface area (Å²) in [5, 5.41) is 14.2. The van der Waals surface area contributed by atoms with Gasteiger partial charge in [0.2, 0.25) is 0 Å². The second-order valence-corrected chi connectivity index (χ2v) is 5.94. The number of amides is 1. The maximum absolute atomic E-state index is 11.9. The Morgan fingerprint density at radius 1 is 1.12 bits per heavy atom. The maximum atomic E-state index is 11.9. The zero-order chi connectivity index (χ0) is 17.6. The molecule has 0 bridgehead atoms. The number of hydrogen-bond donors (Lipinski definition) is 2. The third kappa shape index (κ3) is 4.42. The molecule has 7 heteroatoms. The van der Waals surface area contributed by atoms with Crippen molar-refractivity contribution in [3.05, 3.63) is 65.5 Å². The summed E-state index contributed by atoms with van der Waals surface area (Å²) < 4.78 is 4.92. The van der Waals surface area contributed by atoms with E-state index in [-0.39, 0.29) is 11.3 Å². The SMILES string of the molecule is O=C(COC(=O)c1cccc(O)c1)Nc1nc(-c2ccccc2)cs1. The summed E-state index contributed by atoms with van der Waals surface area (Å²) in [7, 11) is 0. The van der Waals surface area contributed by atoms with Gasteiger partial charge in [0.15, 0.2) is 11.7 Å². The minimum Gasteiger partial charge on any atom is -0.508 e. The summed E-state index contributed by atoms with van der Waals surface area (Å²) in [5.74, 6) is -1.22. The molecule has 0 aliphatic rings. The minimum atomic E-state index is -0.685. The van der Waals surface area contributed by atoms with Gasteiger partial charge in [0.25, 0.3) is 5.91 Å². The van der Waals surface area contributed by atoms with Gasteiger partial charge in [-0.25, -0.2) is 9.78 Å². The van der Waals surface area contributed by atoms with Crippen LogP contribution in [-0.2, 0) is 9.53 Å². The zero-order valence-corrected chi connectivity index (χ0v) is 13.8. The molecule has 1 aromatic heterocycles. The average Bonchev–Trinajstić information content (AvgIpc) is 3.09. The Morgan fingerprint density at radius 3 is 2.68 bits per heavy atom. The fourth-order valence-corrected chi connectivity index (χ4v) is 2.81. The van der Waals surface area contributed by atoms with Crippen LogP contribution in [0.3, 0.4) is 0 Å². The van der Waals surface area contributed by atoms with Crippen molar-refractivity contribution in [2.75, 3.05) is 11.9 Å². The number of phenolic OH excluding ortho intramolecular Hbond substituents is 1. The predicted molar refractivity (Wildman–Crippen MR) is 94.6 cm³/mol. The molecule has 1 amide bonds. The van der Waals surface area contributed by atoms with Gasteiger partial charge in [-0.05, 0) is 18.2 Å². The Kier molecular flexibility index (Phi) is 5.06. The molecule has 25 heavy (non-hydrogen) atoms. The molecule has 0 unspecified atom stereocenters. The van der Waals surface area contributed by atoms with E-state index >= 15 is 0 Å². The molecule has 0 fully saturated rings. The van der Waals surface area contributed by atoms with Gasteiger partial charge in [-0.2, -0.15) is 0 Å². The van der Waals surface area contributed by atoms with E-state index in [1.54, 1.807) is 0 Å². The van der Waals surface area contributed by atoms with Crippen LogP contribution >= 0.6 is 11.3 Å². The molecule has 1 heterocycles. The van der Waals surface area contributed by atoms with Crippen molar-refractivity contribution < 1.29 is 19.4 Å². The van der Waals surface area contributed by atoms with E-state index in [0.717, 1.165) is 11.3 Å². The second-order valence-electron chi connectivity index (χ2n) is 5.08. The molecule has 0 saturated carbocycles. The standard InChI is InChI=1S/C18H14N2O4S/c21-14-8-4-7-13(9-14)17(23)24-10-16(22)20-18-19-15(11-25-18)12-5-2-1-3-6-12/h1-9,11,21H,10H2,(H,19,20,22). The number of carbonyl (C=O) groups excluding carboxylic acids is 2. The lowest BCUT2D eigenvalue weighted by Crippen LogP contribution is -2.20. The van der Waals surface area contributed by atoms with Crippen molar-refractivity contribution >= 4 is 28.3 Å².